The van der Waals surface area contributed by atoms with Crippen LogP contribution in [0.4, 0.5) is 5.95 Å². The number of ether oxygens (including phenoxy) is 1. The number of H-pyrrole nitrogens is 1. The van der Waals surface area contributed by atoms with E-state index >= 15 is 0 Å². The van der Waals surface area contributed by atoms with Crippen molar-refractivity contribution in [2.75, 3.05) is 18.5 Å². The van der Waals surface area contributed by atoms with E-state index in [0.717, 1.165) is 4.52 Å². The van der Waals surface area contributed by atoms with E-state index in [9.17, 15) is 19.3 Å². The van der Waals surface area contributed by atoms with Crippen molar-refractivity contribution < 1.29 is 28.3 Å². The van der Waals surface area contributed by atoms with Crippen LogP contribution in [-0.4, -0.2) is 59.8 Å². The number of aliphatic hydroxyl groups is 1. The number of aromatic nitrogens is 4. The van der Waals surface area contributed by atoms with E-state index in [0.29, 0.717) is 0 Å². The van der Waals surface area contributed by atoms with Crippen LogP contribution in [0.1, 0.15) is 25.6 Å². The van der Waals surface area contributed by atoms with Crippen LogP contribution in [0.3, 0.4) is 0 Å². The van der Waals surface area contributed by atoms with Gasteiger partial charge < -0.3 is 20.1 Å². The molecule has 0 spiro atoms. The van der Waals surface area contributed by atoms with E-state index in [4.69, 9.17) is 42.7 Å². The van der Waals surface area contributed by atoms with Crippen molar-refractivity contribution in [3.8, 4) is 5.75 Å². The number of benzene rings is 1. The van der Waals surface area contributed by atoms with Gasteiger partial charge in [-0.1, -0.05) is 48.3 Å². The minimum Gasteiger partial charge on any atom is -0.424 e. The number of hydrogen-bond donors (Lipinski definition) is 3. The van der Waals surface area contributed by atoms with Gasteiger partial charge in [0.25, 0.3) is 5.56 Å². The number of Topliss-reactive ketones (excluding diaryl/α,β-unsaturated/α-hetero) is 1. The Morgan fingerprint density at radius 2 is 2.08 bits per heavy atom. The number of carbonyl (C=O) groups is 1. The van der Waals surface area contributed by atoms with E-state index in [-0.39, 0.29) is 35.0 Å². The maximum Gasteiger partial charge on any atom is 0.379 e. The number of aliphatic hydroxyl groups excluding tert-OH is 1. The molecule has 0 aliphatic carbocycles. The first-order valence-corrected chi connectivity index (χ1v) is 13.3. The van der Waals surface area contributed by atoms with Crippen LogP contribution in [0.2, 0.25) is 0 Å². The zero-order valence-corrected chi connectivity index (χ0v) is 21.6. The molecule has 2 aromatic heterocycles. The summed E-state index contributed by atoms with van der Waals surface area (Å²) in [7, 11) is -3.89. The summed E-state index contributed by atoms with van der Waals surface area (Å²) < 4.78 is 30.0. The van der Waals surface area contributed by atoms with Gasteiger partial charge in [0.05, 0.1) is 24.7 Å². The molecule has 1 aliphatic rings. The number of aromatic amines is 1. The van der Waals surface area contributed by atoms with Crippen LogP contribution in [-0.2, 0) is 18.6 Å². The number of ketones is 1. The Kier molecular flexibility index (Phi) is 7.47. The predicted octanol–water partition coefficient (Wildman–Crippen LogP) is 2.49. The number of halogens is 2. The maximum absolute atomic E-state index is 13.6. The zero-order chi connectivity index (χ0) is 26.3. The molecule has 0 radical (unpaired) electrons. The number of hydrogen-bond acceptors (Lipinski definition) is 10. The smallest absolute Gasteiger partial charge is 0.379 e. The second-order valence-corrected chi connectivity index (χ2v) is 11.9. The van der Waals surface area contributed by atoms with E-state index in [1.807, 2.05) is 0 Å². The number of nitrogens with zero attached hydrogens (tertiary/aromatic N) is 3. The fourth-order valence-corrected chi connectivity index (χ4v) is 6.24. The average Bonchev–Trinajstić information content (AvgIpc) is 3.31. The van der Waals surface area contributed by atoms with Crippen LogP contribution < -0.4 is 15.8 Å². The van der Waals surface area contributed by atoms with Gasteiger partial charge in [-0.25, -0.2) is 14.1 Å². The van der Waals surface area contributed by atoms with Gasteiger partial charge in [-0.15, -0.1) is 5.10 Å². The highest BCUT2D eigenvalue weighted by Crippen LogP contribution is 2.53. The molecule has 0 amide bonds. The molecule has 0 saturated carbocycles. The minimum atomic E-state index is -3.89. The summed E-state index contributed by atoms with van der Waals surface area (Å²) in [4.78, 5) is 30.2. The molecule has 3 aromatic rings. The summed E-state index contributed by atoms with van der Waals surface area (Å²) in [6, 6.07) is 8.34. The topological polar surface area (TPSA) is 171 Å². The number of nitrogen functional groups attached to an aromatic ring is 1. The monoisotopic (exact) mass is 559 g/mol. The Morgan fingerprint density at radius 3 is 2.75 bits per heavy atom. The van der Waals surface area contributed by atoms with Gasteiger partial charge in [-0.2, -0.15) is 0 Å². The summed E-state index contributed by atoms with van der Waals surface area (Å²) in [5.74, 6) is -0.707. The first-order valence-electron chi connectivity index (χ1n) is 10.8. The van der Waals surface area contributed by atoms with E-state index in [2.05, 4.69) is 15.1 Å². The number of nitrogens with two attached hydrogens (primary N) is 1. The number of para-hydroxylation sites is 1. The molecule has 36 heavy (non-hydrogen) atoms. The average molecular weight is 560 g/mol. The Morgan fingerprint density at radius 1 is 1.39 bits per heavy atom. The third-order valence-electron chi connectivity index (χ3n) is 5.71. The minimum absolute atomic E-state index is 0.0832. The predicted molar refractivity (Wildman–Crippen MR) is 131 cm³/mol. The molecule has 4 rings (SSSR count). The van der Waals surface area contributed by atoms with Crippen molar-refractivity contribution in [1.29, 1.82) is 0 Å². The molecule has 1 aromatic carbocycles. The van der Waals surface area contributed by atoms with Crippen molar-refractivity contribution in [2.45, 2.75) is 36.5 Å². The lowest BCUT2D eigenvalue weighted by Gasteiger charge is -2.24. The molecule has 0 bridgehead atoms. The van der Waals surface area contributed by atoms with Gasteiger partial charge in [0.2, 0.25) is 11.6 Å². The van der Waals surface area contributed by atoms with Crippen LogP contribution in [0.25, 0.3) is 5.65 Å². The SMILES string of the molecule is CC(=O)[C@H](C)CP(=O)(OC[C@H]1O[C@@H](c2cnc3c(=O)[nH]c(N)nn23)C(Cl)(Cl)[C@H]1O)Oc1ccccc1. The number of carbonyl (C=O) groups excluding carboxylic acids is 1. The molecule has 5 atom stereocenters. The lowest BCUT2D eigenvalue weighted by atomic mass is 10.1. The van der Waals surface area contributed by atoms with Gasteiger partial charge in [0.15, 0.2) is 4.33 Å². The number of imidazole rings is 1. The van der Waals surface area contributed by atoms with E-state index < -0.39 is 48.3 Å². The Labute approximate surface area is 215 Å². The number of fused-ring (bicyclic) bond motifs is 1. The second-order valence-electron chi connectivity index (χ2n) is 8.44. The van der Waals surface area contributed by atoms with Crippen LogP contribution in [0.15, 0.2) is 41.3 Å². The Hall–Kier alpha value is -2.47. The number of nitrogens with one attached hydrogen (secondary N) is 1. The normalized spacial score (nSPS) is 23.9. The standard InChI is InChI=1S/C21H24Cl2N5O7P/c1-11(12(2)29)10-36(32,35-13-6-4-3-5-7-13)33-9-15-16(30)21(22,23)17(34-15)14-8-25-18-19(31)26-20(24)27-28(14)18/h3-8,11,15-17,30H,9-10H2,1-2H3,(H3,24,26,27,31)/t11-,15-,16+,17+,36?/m1/s1. The van der Waals surface area contributed by atoms with Gasteiger partial charge in [0, 0.05) is 5.92 Å². The third kappa shape index (κ3) is 5.29. The molecule has 15 heteroatoms. The first kappa shape index (κ1) is 26.6. The molecule has 1 fully saturated rings. The first-order chi connectivity index (χ1) is 16.9. The molecule has 1 saturated heterocycles. The molecular weight excluding hydrogens is 536 g/mol. The molecular formula is C21H24Cl2N5O7P. The summed E-state index contributed by atoms with van der Waals surface area (Å²) >= 11 is 12.9. The highest BCUT2D eigenvalue weighted by molar-refractivity contribution is 7.54. The molecule has 3 heterocycles. The summed E-state index contributed by atoms with van der Waals surface area (Å²) in [6.45, 7) is 2.56. The summed E-state index contributed by atoms with van der Waals surface area (Å²) in [5, 5.41) is 14.8. The molecule has 1 aliphatic heterocycles. The van der Waals surface area contributed by atoms with Crippen molar-refractivity contribution in [3.63, 3.8) is 0 Å². The highest BCUT2D eigenvalue weighted by atomic mass is 35.5. The number of anilines is 1. The van der Waals surface area contributed by atoms with Crippen molar-refractivity contribution in [3.05, 3.63) is 52.6 Å². The molecule has 4 N–H and O–H groups in total. The summed E-state index contributed by atoms with van der Waals surface area (Å²) in [5.41, 5.74) is 5.11. The van der Waals surface area contributed by atoms with Crippen molar-refractivity contribution in [2.24, 2.45) is 5.92 Å². The fraction of sp³-hybridized carbons (Fsp3) is 0.429. The van der Waals surface area contributed by atoms with Gasteiger partial charge >= 0.3 is 7.60 Å². The van der Waals surface area contributed by atoms with E-state index in [1.165, 1.54) is 13.1 Å². The van der Waals surface area contributed by atoms with Crippen molar-refractivity contribution >= 4 is 48.2 Å². The fourth-order valence-electron chi connectivity index (χ4n) is 3.65. The number of alkyl halides is 2. The highest BCUT2D eigenvalue weighted by Gasteiger charge is 2.56. The maximum atomic E-state index is 13.6. The lowest BCUT2D eigenvalue weighted by Crippen LogP contribution is -2.37. The van der Waals surface area contributed by atoms with E-state index in [1.54, 1.807) is 37.3 Å². The number of rotatable bonds is 9. The largest absolute Gasteiger partial charge is 0.424 e. The zero-order valence-electron chi connectivity index (χ0n) is 19.2. The quantitative estimate of drug-likeness (QED) is 0.261. The van der Waals surface area contributed by atoms with Gasteiger partial charge in [0.1, 0.15) is 29.8 Å². The molecule has 12 nitrogen and oxygen atoms in total. The van der Waals surface area contributed by atoms with Crippen LogP contribution >= 0.6 is 30.8 Å². The second kappa shape index (κ2) is 10.1. The van der Waals surface area contributed by atoms with Crippen LogP contribution in [0, 0.1) is 5.92 Å². The Bertz CT molecular complexity index is 1370. The molecule has 1 unspecified atom stereocenters. The van der Waals surface area contributed by atoms with Crippen molar-refractivity contribution in [1.82, 2.24) is 19.6 Å². The Balaban J connectivity index is 1.57. The lowest BCUT2D eigenvalue weighted by molar-refractivity contribution is -0.119. The van der Waals surface area contributed by atoms with Gasteiger partial charge in [-0.3, -0.25) is 19.1 Å². The van der Waals surface area contributed by atoms with Gasteiger partial charge in [-0.05, 0) is 19.1 Å². The third-order valence-corrected chi connectivity index (χ3v) is 8.58. The molecule has 194 valence electrons. The van der Waals surface area contributed by atoms with Crippen LogP contribution in [0.5, 0.6) is 5.75 Å². The summed E-state index contributed by atoms with van der Waals surface area (Å²) in [6.07, 6.45) is -2.80.